The first-order valence-corrected chi connectivity index (χ1v) is 8.00. The predicted octanol–water partition coefficient (Wildman–Crippen LogP) is 3.81. The summed E-state index contributed by atoms with van der Waals surface area (Å²) < 4.78 is 40.9. The molecule has 0 amide bonds. The number of nitrogens with one attached hydrogen (secondary N) is 2. The van der Waals surface area contributed by atoms with Gasteiger partial charge >= 0.3 is 6.18 Å². The van der Waals surface area contributed by atoms with Gasteiger partial charge in [0, 0.05) is 32.4 Å². The number of hydrogen-bond donors (Lipinski definition) is 2. The molecule has 2 rings (SSSR count). The summed E-state index contributed by atoms with van der Waals surface area (Å²) in [5.41, 5.74) is 3.13. The number of ether oxygens (including phenoxy) is 1. The average molecular weight is 494 g/mol. The number of pyridine rings is 1. The fourth-order valence-corrected chi connectivity index (χ4v) is 2.05. The maximum absolute atomic E-state index is 12.1. The molecule has 148 valence electrons. The molecule has 0 spiro atoms. The topological polar surface area (TPSA) is 58.5 Å². The number of halogens is 4. The van der Waals surface area contributed by atoms with Gasteiger partial charge in [0.05, 0.1) is 0 Å². The summed E-state index contributed by atoms with van der Waals surface area (Å²) in [7, 11) is 1.66. The Morgan fingerprint density at radius 2 is 1.63 bits per heavy atom. The Bertz CT molecular complexity index is 719. The van der Waals surface area contributed by atoms with Crippen LogP contribution in [0.15, 0.2) is 47.6 Å². The van der Waals surface area contributed by atoms with Gasteiger partial charge in [0.1, 0.15) is 0 Å². The van der Waals surface area contributed by atoms with E-state index in [9.17, 15) is 13.2 Å². The Balaban J connectivity index is 0.00000364. The minimum absolute atomic E-state index is 0. The van der Waals surface area contributed by atoms with Crippen LogP contribution >= 0.6 is 24.0 Å². The Labute approximate surface area is 173 Å². The van der Waals surface area contributed by atoms with Crippen molar-refractivity contribution < 1.29 is 17.9 Å². The summed E-state index contributed by atoms with van der Waals surface area (Å²) in [5.74, 6) is 0.552. The third-order valence-corrected chi connectivity index (χ3v) is 3.45. The zero-order valence-corrected chi connectivity index (χ0v) is 17.3. The van der Waals surface area contributed by atoms with E-state index in [0.717, 1.165) is 11.1 Å². The number of nitrogens with zero attached hydrogens (tertiary/aromatic N) is 2. The largest absolute Gasteiger partial charge is 0.468 e. The number of alkyl halides is 3. The van der Waals surface area contributed by atoms with E-state index in [0.29, 0.717) is 19.0 Å². The van der Waals surface area contributed by atoms with E-state index in [1.54, 1.807) is 13.1 Å². The third kappa shape index (κ3) is 8.94. The van der Waals surface area contributed by atoms with Crippen molar-refractivity contribution >= 4 is 29.9 Å². The first-order chi connectivity index (χ1) is 12.4. The minimum Gasteiger partial charge on any atom is -0.468 e. The van der Waals surface area contributed by atoms with E-state index in [2.05, 4.69) is 25.3 Å². The molecule has 9 heteroatoms. The van der Waals surface area contributed by atoms with Crippen LogP contribution in [0.1, 0.15) is 16.7 Å². The van der Waals surface area contributed by atoms with Crippen molar-refractivity contribution in [3.8, 4) is 5.88 Å². The average Bonchev–Trinajstić information content (AvgIpc) is 2.62. The smallest absolute Gasteiger partial charge is 0.422 e. The molecule has 5 nitrogen and oxygen atoms in total. The Morgan fingerprint density at radius 3 is 2.15 bits per heavy atom. The molecular weight excluding hydrogens is 472 g/mol. The van der Waals surface area contributed by atoms with Crippen molar-refractivity contribution in [2.45, 2.75) is 26.2 Å². The molecule has 0 fully saturated rings. The molecule has 1 aromatic carbocycles. The lowest BCUT2D eigenvalue weighted by Crippen LogP contribution is -2.36. The second kappa shape index (κ2) is 11.0. The number of aliphatic imine (C=N–C) groups is 1. The van der Waals surface area contributed by atoms with Crippen LogP contribution in [0, 0.1) is 6.92 Å². The number of aryl methyl sites for hydroxylation is 1. The predicted molar refractivity (Wildman–Crippen MR) is 109 cm³/mol. The van der Waals surface area contributed by atoms with Gasteiger partial charge in [-0.2, -0.15) is 13.2 Å². The van der Waals surface area contributed by atoms with Crippen molar-refractivity contribution in [1.29, 1.82) is 0 Å². The van der Waals surface area contributed by atoms with Gasteiger partial charge in [-0.1, -0.05) is 35.9 Å². The summed E-state index contributed by atoms with van der Waals surface area (Å²) in [6.45, 7) is 1.74. The molecule has 27 heavy (non-hydrogen) atoms. The van der Waals surface area contributed by atoms with Crippen molar-refractivity contribution in [3.05, 3.63) is 59.3 Å². The SMILES string of the molecule is CN=C(NCc1ccc(C)cc1)NCc1ccc(OCC(F)(F)F)nc1.I. The Morgan fingerprint density at radius 1 is 1.04 bits per heavy atom. The van der Waals surface area contributed by atoms with Crippen molar-refractivity contribution in [2.75, 3.05) is 13.7 Å². The van der Waals surface area contributed by atoms with E-state index < -0.39 is 12.8 Å². The highest BCUT2D eigenvalue weighted by Gasteiger charge is 2.28. The van der Waals surface area contributed by atoms with Crippen LogP contribution in [0.5, 0.6) is 5.88 Å². The molecule has 0 aliphatic rings. The van der Waals surface area contributed by atoms with Gasteiger partial charge in [-0.05, 0) is 18.1 Å². The zero-order chi connectivity index (χ0) is 19.0. The summed E-state index contributed by atoms with van der Waals surface area (Å²) in [5, 5.41) is 6.31. The van der Waals surface area contributed by atoms with Crippen LogP contribution in [0.4, 0.5) is 13.2 Å². The zero-order valence-electron chi connectivity index (χ0n) is 15.0. The van der Waals surface area contributed by atoms with E-state index in [1.807, 2.05) is 31.2 Å². The van der Waals surface area contributed by atoms with Gasteiger partial charge in [0.15, 0.2) is 12.6 Å². The van der Waals surface area contributed by atoms with E-state index in [4.69, 9.17) is 0 Å². The van der Waals surface area contributed by atoms with Crippen LogP contribution in [-0.4, -0.2) is 30.8 Å². The summed E-state index contributed by atoms with van der Waals surface area (Å²) >= 11 is 0. The minimum atomic E-state index is -4.38. The van der Waals surface area contributed by atoms with E-state index in [1.165, 1.54) is 17.8 Å². The molecule has 2 aromatic rings. The second-order valence-electron chi connectivity index (χ2n) is 5.67. The molecule has 0 saturated carbocycles. The van der Waals surface area contributed by atoms with Gasteiger partial charge in [-0.25, -0.2) is 4.98 Å². The molecule has 0 saturated heterocycles. The van der Waals surface area contributed by atoms with Crippen molar-refractivity contribution in [1.82, 2.24) is 15.6 Å². The van der Waals surface area contributed by atoms with Gasteiger partial charge < -0.3 is 15.4 Å². The molecule has 1 aromatic heterocycles. The van der Waals surface area contributed by atoms with Crippen LogP contribution in [0.25, 0.3) is 0 Å². The van der Waals surface area contributed by atoms with Gasteiger partial charge in [0.2, 0.25) is 5.88 Å². The molecular formula is C18H22F3IN4O. The summed E-state index contributed by atoms with van der Waals surface area (Å²) in [4.78, 5) is 8.00. The summed E-state index contributed by atoms with van der Waals surface area (Å²) in [6.07, 6.45) is -2.91. The highest BCUT2D eigenvalue weighted by Crippen LogP contribution is 2.17. The first-order valence-electron chi connectivity index (χ1n) is 8.00. The second-order valence-corrected chi connectivity index (χ2v) is 5.67. The maximum atomic E-state index is 12.1. The molecule has 1 heterocycles. The molecule has 0 bridgehead atoms. The van der Waals surface area contributed by atoms with E-state index in [-0.39, 0.29) is 29.9 Å². The number of rotatable bonds is 6. The molecule has 0 aliphatic carbocycles. The molecule has 0 unspecified atom stereocenters. The van der Waals surface area contributed by atoms with Crippen LogP contribution in [0.2, 0.25) is 0 Å². The standard InChI is InChI=1S/C18H21F3N4O.HI/c1-13-3-5-14(6-4-13)9-24-17(22-2)25-11-15-7-8-16(23-10-15)26-12-18(19,20)21;/h3-8,10H,9,11-12H2,1-2H3,(H2,22,24,25);1H. The van der Waals surface area contributed by atoms with Crippen LogP contribution < -0.4 is 15.4 Å². The van der Waals surface area contributed by atoms with Gasteiger partial charge in [-0.3, -0.25) is 4.99 Å². The van der Waals surface area contributed by atoms with Crippen molar-refractivity contribution in [2.24, 2.45) is 4.99 Å². The lowest BCUT2D eigenvalue weighted by Gasteiger charge is -2.12. The fourth-order valence-electron chi connectivity index (χ4n) is 2.05. The number of guanidine groups is 1. The monoisotopic (exact) mass is 494 g/mol. The quantitative estimate of drug-likeness (QED) is 0.365. The normalized spacial score (nSPS) is 11.5. The van der Waals surface area contributed by atoms with Crippen LogP contribution in [-0.2, 0) is 13.1 Å². The lowest BCUT2D eigenvalue weighted by molar-refractivity contribution is -0.154. The van der Waals surface area contributed by atoms with Crippen molar-refractivity contribution in [3.63, 3.8) is 0 Å². The van der Waals surface area contributed by atoms with Crippen LogP contribution in [0.3, 0.4) is 0 Å². The number of benzene rings is 1. The highest BCUT2D eigenvalue weighted by atomic mass is 127. The fraction of sp³-hybridized carbons (Fsp3) is 0.333. The summed E-state index contributed by atoms with van der Waals surface area (Å²) in [6, 6.07) is 11.2. The van der Waals surface area contributed by atoms with E-state index >= 15 is 0 Å². The highest BCUT2D eigenvalue weighted by molar-refractivity contribution is 14.0. The lowest BCUT2D eigenvalue weighted by atomic mass is 10.1. The molecule has 0 radical (unpaired) electrons. The number of hydrogen-bond acceptors (Lipinski definition) is 3. The number of aromatic nitrogens is 1. The Kier molecular flexibility index (Phi) is 9.33. The van der Waals surface area contributed by atoms with Gasteiger partial charge in [-0.15, -0.1) is 24.0 Å². The first kappa shape index (κ1) is 23.0. The molecule has 0 aliphatic heterocycles. The Hall–Kier alpha value is -2.04. The molecule has 0 atom stereocenters. The third-order valence-electron chi connectivity index (χ3n) is 3.45. The van der Waals surface area contributed by atoms with Gasteiger partial charge in [0.25, 0.3) is 0 Å². The maximum Gasteiger partial charge on any atom is 0.422 e. The molecule has 2 N–H and O–H groups in total.